The van der Waals surface area contributed by atoms with Crippen molar-refractivity contribution in [3.05, 3.63) is 0 Å². The van der Waals surface area contributed by atoms with E-state index in [1.807, 2.05) is 6.92 Å². The summed E-state index contributed by atoms with van der Waals surface area (Å²) in [6.45, 7) is 4.94. The Morgan fingerprint density at radius 2 is 2.06 bits per heavy atom. The highest BCUT2D eigenvalue weighted by Gasteiger charge is 2.42. The van der Waals surface area contributed by atoms with Crippen LogP contribution in [0.4, 0.5) is 0 Å². The average molecular weight is 254 g/mol. The third-order valence-corrected chi connectivity index (χ3v) is 4.30. The number of ether oxygens (including phenoxy) is 1. The summed E-state index contributed by atoms with van der Waals surface area (Å²) < 4.78 is 4.97. The number of esters is 1. The molecule has 0 aromatic heterocycles. The van der Waals surface area contributed by atoms with E-state index in [2.05, 4.69) is 24.2 Å². The van der Waals surface area contributed by atoms with E-state index in [-0.39, 0.29) is 5.97 Å². The highest BCUT2D eigenvalue weighted by molar-refractivity contribution is 5.80. The van der Waals surface area contributed by atoms with Gasteiger partial charge in [0, 0.05) is 18.6 Å². The fourth-order valence-corrected chi connectivity index (χ4v) is 2.65. The van der Waals surface area contributed by atoms with Crippen LogP contribution < -0.4 is 5.32 Å². The molecule has 0 aromatic rings. The number of carbonyl (C=O) groups is 1. The van der Waals surface area contributed by atoms with Crippen LogP contribution >= 0.6 is 0 Å². The standard InChI is InChI=1S/C14H26N2O2/c1-10(11-5-6-11)16(3)9-14(2,13(17)18-4)15-12-7-8-12/h10-12,15H,5-9H2,1-4H3. The van der Waals surface area contributed by atoms with Gasteiger partial charge in [0.05, 0.1) is 7.11 Å². The molecule has 18 heavy (non-hydrogen) atoms. The van der Waals surface area contributed by atoms with Crippen LogP contribution in [-0.4, -0.2) is 49.2 Å². The molecule has 0 aromatic carbocycles. The molecule has 0 bridgehead atoms. The number of nitrogens with zero attached hydrogens (tertiary/aromatic N) is 1. The Hall–Kier alpha value is -0.610. The SMILES string of the molecule is COC(=O)C(C)(CN(C)C(C)C1CC1)NC1CC1. The van der Waals surface area contributed by atoms with E-state index in [4.69, 9.17) is 4.74 Å². The molecule has 0 aliphatic heterocycles. The molecule has 0 amide bonds. The van der Waals surface area contributed by atoms with Crippen LogP contribution in [0.15, 0.2) is 0 Å². The Bertz CT molecular complexity index is 313. The third kappa shape index (κ3) is 3.23. The Morgan fingerprint density at radius 3 is 2.50 bits per heavy atom. The second-order valence-electron chi connectivity index (χ2n) is 6.24. The molecule has 0 heterocycles. The fourth-order valence-electron chi connectivity index (χ4n) is 2.65. The molecule has 0 radical (unpaired) electrons. The van der Waals surface area contributed by atoms with E-state index >= 15 is 0 Å². The maximum absolute atomic E-state index is 12.0. The van der Waals surface area contributed by atoms with Crippen molar-refractivity contribution in [2.75, 3.05) is 20.7 Å². The Balaban J connectivity index is 1.96. The van der Waals surface area contributed by atoms with Crippen LogP contribution in [0, 0.1) is 5.92 Å². The largest absolute Gasteiger partial charge is 0.468 e. The maximum atomic E-state index is 12.0. The first kappa shape index (κ1) is 13.8. The Kier molecular flexibility index (Phi) is 3.97. The highest BCUT2D eigenvalue weighted by Crippen LogP contribution is 2.35. The van der Waals surface area contributed by atoms with Crippen molar-refractivity contribution >= 4 is 5.97 Å². The van der Waals surface area contributed by atoms with Gasteiger partial charge in [-0.2, -0.15) is 0 Å². The number of nitrogens with one attached hydrogen (secondary N) is 1. The van der Waals surface area contributed by atoms with Gasteiger partial charge in [-0.1, -0.05) is 0 Å². The molecule has 2 unspecified atom stereocenters. The first-order valence-corrected chi connectivity index (χ1v) is 7.02. The first-order chi connectivity index (χ1) is 8.46. The lowest BCUT2D eigenvalue weighted by Gasteiger charge is -2.35. The number of likely N-dealkylation sites (N-methyl/N-ethyl adjacent to an activating group) is 1. The quantitative estimate of drug-likeness (QED) is 0.697. The third-order valence-electron chi connectivity index (χ3n) is 4.30. The second kappa shape index (κ2) is 5.17. The van der Waals surface area contributed by atoms with Crippen LogP contribution in [0.25, 0.3) is 0 Å². The monoisotopic (exact) mass is 254 g/mol. The summed E-state index contributed by atoms with van der Waals surface area (Å²) in [6, 6.07) is 1.05. The Labute approximate surface area is 110 Å². The van der Waals surface area contributed by atoms with E-state index in [0.29, 0.717) is 18.6 Å². The lowest BCUT2D eigenvalue weighted by Crippen LogP contribution is -2.58. The normalized spacial score (nSPS) is 24.7. The minimum absolute atomic E-state index is 0.149. The van der Waals surface area contributed by atoms with Crippen molar-refractivity contribution in [2.45, 2.75) is 57.2 Å². The van der Waals surface area contributed by atoms with E-state index < -0.39 is 5.54 Å². The zero-order valence-electron chi connectivity index (χ0n) is 12.0. The molecule has 0 spiro atoms. The number of carbonyl (C=O) groups excluding carboxylic acids is 1. The van der Waals surface area contributed by atoms with Crippen molar-refractivity contribution in [2.24, 2.45) is 5.92 Å². The molecule has 2 saturated carbocycles. The molecular formula is C14H26N2O2. The van der Waals surface area contributed by atoms with Crippen molar-refractivity contribution in [1.29, 1.82) is 0 Å². The minimum Gasteiger partial charge on any atom is -0.468 e. The summed E-state index contributed by atoms with van der Waals surface area (Å²) in [6.07, 6.45) is 5.01. The van der Waals surface area contributed by atoms with Crippen LogP contribution in [0.2, 0.25) is 0 Å². The molecule has 2 fully saturated rings. The topological polar surface area (TPSA) is 41.6 Å². The molecular weight excluding hydrogens is 228 g/mol. The summed E-state index contributed by atoms with van der Waals surface area (Å²) in [4.78, 5) is 14.3. The molecule has 0 saturated heterocycles. The zero-order valence-corrected chi connectivity index (χ0v) is 12.0. The van der Waals surface area contributed by atoms with Crippen molar-refractivity contribution in [1.82, 2.24) is 10.2 Å². The van der Waals surface area contributed by atoms with E-state index in [1.54, 1.807) is 0 Å². The highest BCUT2D eigenvalue weighted by atomic mass is 16.5. The molecule has 4 nitrogen and oxygen atoms in total. The van der Waals surface area contributed by atoms with Gasteiger partial charge in [-0.15, -0.1) is 0 Å². The fraction of sp³-hybridized carbons (Fsp3) is 0.929. The lowest BCUT2D eigenvalue weighted by molar-refractivity contribution is -0.149. The number of hydrogen-bond acceptors (Lipinski definition) is 4. The van der Waals surface area contributed by atoms with Gasteiger partial charge in [0.15, 0.2) is 0 Å². The molecule has 4 heteroatoms. The molecule has 2 rings (SSSR count). The summed E-state index contributed by atoms with van der Waals surface area (Å²) in [5.41, 5.74) is -0.576. The summed E-state index contributed by atoms with van der Waals surface area (Å²) in [7, 11) is 3.58. The number of rotatable bonds is 7. The molecule has 1 N–H and O–H groups in total. The molecule has 2 atom stereocenters. The van der Waals surface area contributed by atoms with Gasteiger partial charge in [-0.05, 0) is 52.5 Å². The molecule has 2 aliphatic carbocycles. The van der Waals surface area contributed by atoms with Crippen LogP contribution in [0.1, 0.15) is 39.5 Å². The summed E-state index contributed by atoms with van der Waals surface area (Å²) in [5, 5.41) is 3.45. The van der Waals surface area contributed by atoms with Gasteiger partial charge >= 0.3 is 5.97 Å². The average Bonchev–Trinajstić information content (AvgIpc) is 3.18. The van der Waals surface area contributed by atoms with Gasteiger partial charge in [-0.25, -0.2) is 0 Å². The predicted octanol–water partition coefficient (Wildman–Crippen LogP) is 1.40. The van der Waals surface area contributed by atoms with Gasteiger partial charge in [-0.3, -0.25) is 10.1 Å². The van der Waals surface area contributed by atoms with E-state index in [0.717, 1.165) is 5.92 Å². The van der Waals surface area contributed by atoms with Crippen LogP contribution in [-0.2, 0) is 9.53 Å². The van der Waals surface area contributed by atoms with Gasteiger partial charge in [0.1, 0.15) is 5.54 Å². The minimum atomic E-state index is -0.576. The van der Waals surface area contributed by atoms with Crippen molar-refractivity contribution in [3.8, 4) is 0 Å². The number of hydrogen-bond donors (Lipinski definition) is 1. The zero-order chi connectivity index (χ0) is 13.3. The van der Waals surface area contributed by atoms with Crippen molar-refractivity contribution < 1.29 is 9.53 Å². The summed E-state index contributed by atoms with van der Waals surface area (Å²) >= 11 is 0. The van der Waals surface area contributed by atoms with Crippen LogP contribution in [0.3, 0.4) is 0 Å². The van der Waals surface area contributed by atoms with E-state index in [9.17, 15) is 4.79 Å². The van der Waals surface area contributed by atoms with Crippen molar-refractivity contribution in [3.63, 3.8) is 0 Å². The lowest BCUT2D eigenvalue weighted by atomic mass is 10.00. The smallest absolute Gasteiger partial charge is 0.327 e. The number of methoxy groups -OCH3 is 1. The predicted molar refractivity (Wildman–Crippen MR) is 71.4 cm³/mol. The Morgan fingerprint density at radius 1 is 1.44 bits per heavy atom. The summed E-state index contributed by atoms with van der Waals surface area (Å²) in [5.74, 6) is 0.669. The van der Waals surface area contributed by atoms with Crippen LogP contribution in [0.5, 0.6) is 0 Å². The van der Waals surface area contributed by atoms with E-state index in [1.165, 1.54) is 32.8 Å². The molecule has 104 valence electrons. The molecule has 2 aliphatic rings. The maximum Gasteiger partial charge on any atom is 0.327 e. The van der Waals surface area contributed by atoms with Gasteiger partial charge in [0.25, 0.3) is 0 Å². The van der Waals surface area contributed by atoms with Gasteiger partial charge in [0.2, 0.25) is 0 Å². The second-order valence-corrected chi connectivity index (χ2v) is 6.24. The first-order valence-electron chi connectivity index (χ1n) is 7.02. The van der Waals surface area contributed by atoms with Gasteiger partial charge < -0.3 is 9.64 Å².